The molecule has 0 radical (unpaired) electrons. The predicted octanol–water partition coefficient (Wildman–Crippen LogP) is 3.97. The molecule has 0 spiro atoms. The van der Waals surface area contributed by atoms with Gasteiger partial charge in [0.05, 0.1) is 24.8 Å². The van der Waals surface area contributed by atoms with Crippen molar-refractivity contribution in [3.63, 3.8) is 0 Å². The molecule has 31 heavy (non-hydrogen) atoms. The number of thioether (sulfide) groups is 1. The molecule has 9 nitrogen and oxygen atoms in total. The van der Waals surface area contributed by atoms with E-state index in [2.05, 4.69) is 39.6 Å². The first-order valence-corrected chi connectivity index (χ1v) is 10.7. The molecule has 3 aromatic heterocycles. The zero-order chi connectivity index (χ0) is 22.0. The summed E-state index contributed by atoms with van der Waals surface area (Å²) in [5, 5.41) is 21.4. The van der Waals surface area contributed by atoms with E-state index < -0.39 is 0 Å². The molecule has 3 heterocycles. The summed E-state index contributed by atoms with van der Waals surface area (Å²) in [6.07, 6.45) is 1.79. The second-order valence-corrected chi connectivity index (χ2v) is 8.16. The van der Waals surface area contributed by atoms with Gasteiger partial charge in [-0.2, -0.15) is 10.2 Å². The van der Waals surface area contributed by atoms with Gasteiger partial charge >= 0.3 is 0 Å². The molecule has 0 bridgehead atoms. The van der Waals surface area contributed by atoms with Gasteiger partial charge in [0.1, 0.15) is 27.7 Å². The molecule has 0 saturated carbocycles. The Bertz CT molecular complexity index is 1230. The van der Waals surface area contributed by atoms with Gasteiger partial charge in [-0.25, -0.2) is 4.68 Å². The highest BCUT2D eigenvalue weighted by Crippen LogP contribution is 2.33. The molecule has 1 aromatic carbocycles. The van der Waals surface area contributed by atoms with Crippen molar-refractivity contribution in [2.45, 2.75) is 31.7 Å². The van der Waals surface area contributed by atoms with Crippen molar-refractivity contribution in [1.82, 2.24) is 25.1 Å². The molecule has 1 amide bonds. The minimum absolute atomic E-state index is 0.133. The Hall–Kier alpha value is -3.40. The highest BCUT2D eigenvalue weighted by Gasteiger charge is 2.20. The van der Waals surface area contributed by atoms with Crippen LogP contribution in [0, 0.1) is 6.92 Å². The van der Waals surface area contributed by atoms with E-state index in [0.717, 1.165) is 22.3 Å². The Kier molecular flexibility index (Phi) is 5.90. The summed E-state index contributed by atoms with van der Waals surface area (Å²) in [6, 6.07) is 9.28. The maximum absolute atomic E-state index is 12.4. The van der Waals surface area contributed by atoms with E-state index in [9.17, 15) is 4.79 Å². The normalized spacial score (nSPS) is 11.3. The number of fused-ring (bicyclic) bond motifs is 1. The fourth-order valence-corrected chi connectivity index (χ4v) is 3.96. The molecule has 0 aliphatic rings. The molecule has 0 aliphatic carbocycles. The number of benzene rings is 1. The topological polar surface area (TPSA) is 108 Å². The Labute approximate surface area is 183 Å². The summed E-state index contributed by atoms with van der Waals surface area (Å²) in [6.45, 7) is 5.88. The number of hydrogen-bond acceptors (Lipinski definition) is 8. The van der Waals surface area contributed by atoms with Crippen LogP contribution in [0.4, 0.5) is 5.82 Å². The largest absolute Gasteiger partial charge is 0.494 e. The number of aryl methyl sites for hydroxylation is 1. The van der Waals surface area contributed by atoms with Gasteiger partial charge in [-0.05, 0) is 25.0 Å². The molecule has 0 unspecified atom stereocenters. The Balaban J connectivity index is 1.70. The number of ether oxygens (including phenoxy) is 1. The zero-order valence-corrected chi connectivity index (χ0v) is 18.4. The van der Waals surface area contributed by atoms with Crippen molar-refractivity contribution in [1.29, 1.82) is 0 Å². The summed E-state index contributed by atoms with van der Waals surface area (Å²) in [7, 11) is 1.62. The van der Waals surface area contributed by atoms with Crippen LogP contribution in [-0.2, 0) is 4.79 Å². The third kappa shape index (κ3) is 4.24. The number of amides is 1. The highest BCUT2D eigenvalue weighted by molar-refractivity contribution is 8.00. The van der Waals surface area contributed by atoms with E-state index >= 15 is 0 Å². The van der Waals surface area contributed by atoms with Gasteiger partial charge in [0.2, 0.25) is 5.91 Å². The summed E-state index contributed by atoms with van der Waals surface area (Å²) < 4.78 is 12.3. The van der Waals surface area contributed by atoms with E-state index in [0.29, 0.717) is 22.4 Å². The molecule has 4 rings (SSSR count). The van der Waals surface area contributed by atoms with Crippen LogP contribution in [0.3, 0.4) is 0 Å². The van der Waals surface area contributed by atoms with Crippen LogP contribution >= 0.6 is 11.8 Å². The first kappa shape index (κ1) is 20.9. The molecule has 160 valence electrons. The predicted molar refractivity (Wildman–Crippen MR) is 118 cm³/mol. The van der Waals surface area contributed by atoms with Crippen LogP contribution in [0.25, 0.3) is 16.6 Å². The van der Waals surface area contributed by atoms with Gasteiger partial charge in [-0.1, -0.05) is 42.9 Å². The van der Waals surface area contributed by atoms with E-state index in [1.165, 1.54) is 11.8 Å². The number of carbonyl (C=O) groups excluding carboxylic acids is 1. The van der Waals surface area contributed by atoms with Crippen LogP contribution < -0.4 is 10.1 Å². The van der Waals surface area contributed by atoms with E-state index in [1.807, 2.05) is 24.3 Å². The minimum atomic E-state index is -0.218. The number of carbonyl (C=O) groups is 1. The van der Waals surface area contributed by atoms with Crippen LogP contribution in [0.2, 0.25) is 0 Å². The molecular weight excluding hydrogens is 416 g/mol. The monoisotopic (exact) mass is 438 g/mol. The summed E-state index contributed by atoms with van der Waals surface area (Å²) in [5.74, 6) is 1.78. The fourth-order valence-electron chi connectivity index (χ4n) is 3.19. The van der Waals surface area contributed by atoms with Gasteiger partial charge in [0.25, 0.3) is 0 Å². The minimum Gasteiger partial charge on any atom is -0.494 e. The smallest absolute Gasteiger partial charge is 0.236 e. The van der Waals surface area contributed by atoms with Crippen molar-refractivity contribution in [3.8, 4) is 11.4 Å². The number of nitrogens with zero attached hydrogens (tertiary/aromatic N) is 5. The fraction of sp³-hybridized carbons (Fsp3) is 0.286. The molecule has 1 N–H and O–H groups in total. The van der Waals surface area contributed by atoms with Crippen molar-refractivity contribution in [2.75, 3.05) is 18.2 Å². The Morgan fingerprint density at radius 3 is 2.81 bits per heavy atom. The number of methoxy groups -OCH3 is 1. The van der Waals surface area contributed by atoms with Crippen molar-refractivity contribution < 1.29 is 14.1 Å². The number of rotatable bonds is 7. The zero-order valence-electron chi connectivity index (χ0n) is 17.6. The summed E-state index contributed by atoms with van der Waals surface area (Å²) in [5.41, 5.74) is 2.42. The van der Waals surface area contributed by atoms with Crippen molar-refractivity contribution >= 4 is 34.4 Å². The van der Waals surface area contributed by atoms with Crippen LogP contribution in [0.15, 0.2) is 46.1 Å². The third-order valence-electron chi connectivity index (χ3n) is 4.59. The first-order valence-electron chi connectivity index (χ1n) is 9.71. The lowest BCUT2D eigenvalue weighted by atomic mass is 10.1. The second kappa shape index (κ2) is 8.76. The van der Waals surface area contributed by atoms with Crippen LogP contribution in [0.5, 0.6) is 5.75 Å². The van der Waals surface area contributed by atoms with Crippen molar-refractivity contribution in [3.05, 3.63) is 48.0 Å². The Morgan fingerprint density at radius 2 is 2.10 bits per heavy atom. The number of para-hydroxylation sites is 2. The lowest BCUT2D eigenvalue weighted by Gasteiger charge is -2.12. The van der Waals surface area contributed by atoms with Gasteiger partial charge in [-0.3, -0.25) is 4.79 Å². The number of nitrogens with one attached hydrogen (secondary N) is 1. The number of aromatic nitrogens is 5. The molecule has 0 fully saturated rings. The first-order chi connectivity index (χ1) is 15.0. The molecule has 0 atom stereocenters. The quantitative estimate of drug-likeness (QED) is 0.432. The summed E-state index contributed by atoms with van der Waals surface area (Å²) in [4.78, 5) is 12.4. The average molecular weight is 439 g/mol. The molecule has 4 aromatic rings. The molecule has 0 aliphatic heterocycles. The van der Waals surface area contributed by atoms with Gasteiger partial charge in [0.15, 0.2) is 5.82 Å². The van der Waals surface area contributed by atoms with Gasteiger partial charge in [-0.15, -0.1) is 5.10 Å². The molecule has 0 saturated heterocycles. The maximum atomic E-state index is 12.4. The standard InChI is InChI=1S/C21H22N6O3S/c1-12(2)19-14-10-22-27(15-7-5-6-8-16(15)29-4)20(14)21(25-24-19)31-11-18(28)23-17-9-13(3)30-26-17/h5-10,12H,11H2,1-4H3,(H,23,26,28). The lowest BCUT2D eigenvalue weighted by Crippen LogP contribution is -2.14. The van der Waals surface area contributed by atoms with E-state index in [1.54, 1.807) is 31.0 Å². The molecular formula is C21H22N6O3S. The molecule has 10 heteroatoms. The van der Waals surface area contributed by atoms with E-state index in [-0.39, 0.29) is 17.6 Å². The SMILES string of the molecule is COc1ccccc1-n1ncc2c(C(C)C)nnc(SCC(=O)Nc3cc(C)on3)c21. The van der Waals surface area contributed by atoms with E-state index in [4.69, 9.17) is 9.26 Å². The maximum Gasteiger partial charge on any atom is 0.236 e. The lowest BCUT2D eigenvalue weighted by molar-refractivity contribution is -0.113. The number of hydrogen-bond donors (Lipinski definition) is 1. The van der Waals surface area contributed by atoms with Gasteiger partial charge in [0, 0.05) is 11.5 Å². The highest BCUT2D eigenvalue weighted by atomic mass is 32.2. The summed E-state index contributed by atoms with van der Waals surface area (Å²) >= 11 is 1.29. The van der Waals surface area contributed by atoms with Crippen molar-refractivity contribution in [2.24, 2.45) is 0 Å². The Morgan fingerprint density at radius 1 is 1.29 bits per heavy atom. The number of anilines is 1. The average Bonchev–Trinajstić information content (AvgIpc) is 3.38. The third-order valence-corrected chi connectivity index (χ3v) is 5.55. The van der Waals surface area contributed by atoms with Gasteiger partial charge < -0.3 is 14.6 Å². The second-order valence-electron chi connectivity index (χ2n) is 7.20. The van der Waals surface area contributed by atoms with Crippen LogP contribution in [0.1, 0.15) is 31.2 Å². The van der Waals surface area contributed by atoms with Crippen LogP contribution in [-0.4, -0.2) is 43.9 Å².